The fraction of sp³-hybridized carbons (Fsp3) is 0.208. The van der Waals surface area contributed by atoms with Crippen LogP contribution in [-0.4, -0.2) is 39.7 Å². The minimum Gasteiger partial charge on any atom is -0.370 e. The molecule has 184 valence electrons. The van der Waals surface area contributed by atoms with Gasteiger partial charge >= 0.3 is 0 Å². The summed E-state index contributed by atoms with van der Waals surface area (Å²) in [6.07, 6.45) is -0.224. The SMILES string of the molecule is Cc1nc2cc(F)c(-c3cnc(P(C)C)nc3)nc2c(NC(c2cc(C#N)ccc2F)C(F)F)c1Cl. The van der Waals surface area contributed by atoms with Crippen LogP contribution in [0.1, 0.15) is 22.9 Å². The van der Waals surface area contributed by atoms with E-state index in [1.807, 2.05) is 13.3 Å². The van der Waals surface area contributed by atoms with Crippen LogP contribution in [0.4, 0.5) is 23.2 Å². The number of hydrogen-bond donors (Lipinski definition) is 1. The predicted molar refractivity (Wildman–Crippen MR) is 132 cm³/mol. The lowest BCUT2D eigenvalue weighted by molar-refractivity contribution is 0.123. The first-order chi connectivity index (χ1) is 17.1. The van der Waals surface area contributed by atoms with Crippen LogP contribution in [-0.2, 0) is 0 Å². The Morgan fingerprint density at radius 3 is 2.36 bits per heavy atom. The number of aromatic nitrogens is 4. The minimum atomic E-state index is -3.09. The van der Waals surface area contributed by atoms with Crippen LogP contribution in [0.15, 0.2) is 36.7 Å². The van der Waals surface area contributed by atoms with Crippen molar-refractivity contribution in [1.29, 1.82) is 5.26 Å². The van der Waals surface area contributed by atoms with Gasteiger partial charge in [0.15, 0.2) is 5.82 Å². The lowest BCUT2D eigenvalue weighted by atomic mass is 10.0. The summed E-state index contributed by atoms with van der Waals surface area (Å²) in [4.78, 5) is 17.1. The van der Waals surface area contributed by atoms with Crippen molar-refractivity contribution >= 4 is 41.8 Å². The number of aryl methyl sites for hydroxylation is 1. The van der Waals surface area contributed by atoms with Gasteiger partial charge < -0.3 is 5.32 Å². The number of alkyl halides is 2. The summed E-state index contributed by atoms with van der Waals surface area (Å²) < 4.78 is 57.9. The highest BCUT2D eigenvalue weighted by atomic mass is 35.5. The molecule has 0 amide bonds. The van der Waals surface area contributed by atoms with E-state index in [2.05, 4.69) is 25.3 Å². The summed E-state index contributed by atoms with van der Waals surface area (Å²) >= 11 is 6.43. The standard InChI is InChI=1S/C24H18ClF4N6P/c1-11-18(25)22(35-20(23(28)29)14-6-12(8-30)4-5-15(14)26)21-17(33-11)7-16(27)19(34-21)13-9-31-24(32-10-13)36(2)3/h4-7,9-10,20,23H,1-3H3,(H,33,35). The van der Waals surface area contributed by atoms with Gasteiger partial charge in [-0.2, -0.15) is 5.26 Å². The summed E-state index contributed by atoms with van der Waals surface area (Å²) in [7, 11) is -0.567. The van der Waals surface area contributed by atoms with E-state index in [0.29, 0.717) is 5.57 Å². The van der Waals surface area contributed by atoms with E-state index in [1.165, 1.54) is 25.4 Å². The van der Waals surface area contributed by atoms with Crippen molar-refractivity contribution in [3.63, 3.8) is 0 Å². The average Bonchev–Trinajstić information content (AvgIpc) is 2.85. The zero-order valence-electron chi connectivity index (χ0n) is 19.2. The number of halogens is 5. The molecule has 0 bridgehead atoms. The molecule has 0 saturated heterocycles. The van der Waals surface area contributed by atoms with Crippen LogP contribution in [0.2, 0.25) is 5.02 Å². The number of pyridine rings is 2. The highest BCUT2D eigenvalue weighted by molar-refractivity contribution is 7.63. The number of hydrogen-bond acceptors (Lipinski definition) is 6. The number of nitriles is 1. The molecule has 12 heteroatoms. The first-order valence-electron chi connectivity index (χ1n) is 10.5. The molecule has 6 nitrogen and oxygen atoms in total. The normalized spacial score (nSPS) is 12.2. The zero-order chi connectivity index (χ0) is 26.1. The maximum Gasteiger partial charge on any atom is 0.262 e. The van der Waals surface area contributed by atoms with Crippen molar-refractivity contribution in [3.8, 4) is 17.3 Å². The van der Waals surface area contributed by atoms with Crippen LogP contribution in [0.3, 0.4) is 0 Å². The molecule has 1 atom stereocenters. The molecule has 0 aliphatic rings. The summed E-state index contributed by atoms with van der Waals surface area (Å²) in [5.74, 6) is -1.64. The first-order valence-corrected chi connectivity index (χ1v) is 13.1. The van der Waals surface area contributed by atoms with Gasteiger partial charge in [-0.1, -0.05) is 11.6 Å². The summed E-state index contributed by atoms with van der Waals surface area (Å²) in [5, 5.41) is 11.7. The Morgan fingerprint density at radius 1 is 1.06 bits per heavy atom. The van der Waals surface area contributed by atoms with Gasteiger partial charge in [-0.25, -0.2) is 37.5 Å². The highest BCUT2D eigenvalue weighted by Gasteiger charge is 2.28. The molecule has 0 radical (unpaired) electrons. The van der Waals surface area contributed by atoms with Gasteiger partial charge in [0.05, 0.1) is 33.6 Å². The van der Waals surface area contributed by atoms with Crippen molar-refractivity contribution in [2.24, 2.45) is 0 Å². The number of fused-ring (bicyclic) bond motifs is 1. The maximum absolute atomic E-state index is 15.0. The van der Waals surface area contributed by atoms with Crippen molar-refractivity contribution in [2.75, 3.05) is 18.6 Å². The Bertz CT molecular complexity index is 1490. The molecule has 0 fully saturated rings. The Kier molecular flexibility index (Phi) is 7.34. The van der Waals surface area contributed by atoms with E-state index >= 15 is 4.39 Å². The molecule has 3 aromatic heterocycles. The summed E-state index contributed by atoms with van der Waals surface area (Å²) in [5.41, 5.74) is 0.572. The number of benzene rings is 1. The largest absolute Gasteiger partial charge is 0.370 e. The topological polar surface area (TPSA) is 87.4 Å². The average molecular weight is 533 g/mol. The van der Waals surface area contributed by atoms with E-state index in [1.54, 1.807) is 6.07 Å². The molecule has 0 spiro atoms. The smallest absolute Gasteiger partial charge is 0.262 e. The quantitative estimate of drug-likeness (QED) is 0.243. The summed E-state index contributed by atoms with van der Waals surface area (Å²) in [6.45, 7) is 5.47. The number of nitrogens with zero attached hydrogens (tertiary/aromatic N) is 5. The minimum absolute atomic E-state index is 0.00167. The molecular formula is C24H18ClF4N6P. The molecule has 0 aliphatic heterocycles. The van der Waals surface area contributed by atoms with Crippen LogP contribution in [0.5, 0.6) is 0 Å². The van der Waals surface area contributed by atoms with Gasteiger partial charge in [0, 0.05) is 29.6 Å². The third-order valence-electron chi connectivity index (χ3n) is 5.34. The van der Waals surface area contributed by atoms with Gasteiger partial charge in [0.25, 0.3) is 6.43 Å². The number of rotatable bonds is 6. The Labute approximate surface area is 210 Å². The van der Waals surface area contributed by atoms with E-state index in [9.17, 15) is 13.2 Å². The Hall–Kier alpha value is -3.41. The van der Waals surface area contributed by atoms with E-state index in [0.717, 1.165) is 18.2 Å². The maximum atomic E-state index is 15.0. The molecule has 1 aromatic carbocycles. The van der Waals surface area contributed by atoms with Gasteiger partial charge in [0.2, 0.25) is 0 Å². The second kappa shape index (κ2) is 10.3. The summed E-state index contributed by atoms with van der Waals surface area (Å²) in [6, 6.07) is 4.20. The molecule has 4 aromatic rings. The Morgan fingerprint density at radius 2 is 1.75 bits per heavy atom. The lowest BCUT2D eigenvalue weighted by Crippen LogP contribution is -2.21. The number of anilines is 1. The molecule has 4 rings (SSSR count). The zero-order valence-corrected chi connectivity index (χ0v) is 20.8. The van der Waals surface area contributed by atoms with Gasteiger partial charge in [-0.05, 0) is 46.4 Å². The van der Waals surface area contributed by atoms with Crippen molar-refractivity contribution in [2.45, 2.75) is 19.4 Å². The van der Waals surface area contributed by atoms with E-state index in [4.69, 9.17) is 16.9 Å². The molecule has 0 aliphatic carbocycles. The fourth-order valence-electron chi connectivity index (χ4n) is 3.56. The van der Waals surface area contributed by atoms with Gasteiger partial charge in [0.1, 0.15) is 28.6 Å². The van der Waals surface area contributed by atoms with Crippen LogP contribution < -0.4 is 10.9 Å². The number of nitrogens with one attached hydrogen (secondary N) is 1. The van der Waals surface area contributed by atoms with Gasteiger partial charge in [-0.15, -0.1) is 0 Å². The second-order valence-electron chi connectivity index (χ2n) is 8.04. The molecule has 0 saturated carbocycles. The van der Waals surface area contributed by atoms with Crippen molar-refractivity contribution < 1.29 is 17.6 Å². The molecule has 1 unspecified atom stereocenters. The van der Waals surface area contributed by atoms with E-state index < -0.39 is 37.6 Å². The first kappa shape index (κ1) is 25.7. The van der Waals surface area contributed by atoms with Crippen molar-refractivity contribution in [1.82, 2.24) is 19.9 Å². The van der Waals surface area contributed by atoms with Crippen LogP contribution in [0, 0.1) is 29.9 Å². The predicted octanol–water partition coefficient (Wildman–Crippen LogP) is 5.98. The van der Waals surface area contributed by atoms with E-state index in [-0.39, 0.29) is 44.3 Å². The van der Waals surface area contributed by atoms with Crippen LogP contribution in [0.25, 0.3) is 22.3 Å². The van der Waals surface area contributed by atoms with Crippen molar-refractivity contribution in [3.05, 3.63) is 70.1 Å². The third-order valence-corrected chi connectivity index (χ3v) is 6.84. The lowest BCUT2D eigenvalue weighted by Gasteiger charge is -2.22. The monoisotopic (exact) mass is 532 g/mol. The molecular weight excluding hydrogens is 515 g/mol. The molecule has 3 heterocycles. The van der Waals surface area contributed by atoms with Crippen LogP contribution >= 0.6 is 19.5 Å². The van der Waals surface area contributed by atoms with Gasteiger partial charge in [-0.3, -0.25) is 0 Å². The fourth-order valence-corrected chi connectivity index (χ4v) is 4.32. The molecule has 1 N–H and O–H groups in total. The molecule has 36 heavy (non-hydrogen) atoms. The Balaban J connectivity index is 1.89. The second-order valence-corrected chi connectivity index (χ2v) is 10.6. The third kappa shape index (κ3) is 4.95. The highest BCUT2D eigenvalue weighted by Crippen LogP contribution is 2.38.